The van der Waals surface area contributed by atoms with Gasteiger partial charge in [0.2, 0.25) is 0 Å². The van der Waals surface area contributed by atoms with Gasteiger partial charge in [-0.2, -0.15) is 24.5 Å². The average molecular weight is 310 g/mol. The van der Waals surface area contributed by atoms with E-state index in [9.17, 15) is 22.8 Å². The van der Waals surface area contributed by atoms with Gasteiger partial charge in [0.05, 0.1) is 5.57 Å². The molecule has 0 N–H and O–H groups in total. The second-order valence-electron chi connectivity index (χ2n) is 4.14. The molecule has 0 amide bonds. The first kappa shape index (κ1) is 15.2. The quantitative estimate of drug-likeness (QED) is 0.368. The number of halogens is 3. The normalized spacial score (nSPS) is 12.2. The molecule has 6 heteroatoms. The molecule has 0 spiro atoms. The lowest BCUT2D eigenvalue weighted by Gasteiger charge is -2.08. The minimum atomic E-state index is -5.09. The first-order valence-electron chi connectivity index (χ1n) is 5.85. The van der Waals surface area contributed by atoms with Crippen molar-refractivity contribution >= 4 is 29.0 Å². The molecule has 0 saturated carbocycles. The van der Waals surface area contributed by atoms with Crippen molar-refractivity contribution in [1.82, 2.24) is 0 Å². The minimum absolute atomic E-state index is 0.0385. The fourth-order valence-electron chi connectivity index (χ4n) is 1.66. The van der Waals surface area contributed by atoms with E-state index in [1.165, 1.54) is 41.7 Å². The van der Waals surface area contributed by atoms with Crippen LogP contribution in [-0.4, -0.2) is 17.7 Å². The zero-order valence-electron chi connectivity index (χ0n) is 10.6. The average Bonchev–Trinajstić information content (AvgIpc) is 2.96. The number of Topliss-reactive ketones (excluding diaryl/α,β-unsaturated/α-hetero) is 2. The summed E-state index contributed by atoms with van der Waals surface area (Å²) in [5.74, 6) is -3.08. The number of thiophene rings is 1. The van der Waals surface area contributed by atoms with Crippen molar-refractivity contribution in [2.75, 3.05) is 0 Å². The van der Waals surface area contributed by atoms with E-state index in [0.29, 0.717) is 5.56 Å². The Bertz CT molecular complexity index is 671. The summed E-state index contributed by atoms with van der Waals surface area (Å²) in [6.45, 7) is 0. The zero-order chi connectivity index (χ0) is 15.5. The van der Waals surface area contributed by atoms with Crippen LogP contribution in [0.4, 0.5) is 13.2 Å². The molecule has 1 aromatic heterocycles. The smallest absolute Gasteiger partial charge is 0.288 e. The van der Waals surface area contributed by atoms with E-state index in [4.69, 9.17) is 0 Å². The lowest BCUT2D eigenvalue weighted by atomic mass is 9.98. The van der Waals surface area contributed by atoms with Crippen LogP contribution in [0, 0.1) is 0 Å². The van der Waals surface area contributed by atoms with Gasteiger partial charge in [-0.1, -0.05) is 30.3 Å². The molecule has 0 atom stereocenters. The van der Waals surface area contributed by atoms with E-state index in [2.05, 4.69) is 0 Å². The van der Waals surface area contributed by atoms with Gasteiger partial charge in [0.15, 0.2) is 5.78 Å². The summed E-state index contributed by atoms with van der Waals surface area (Å²) in [4.78, 5) is 23.7. The maximum Gasteiger partial charge on any atom is 0.455 e. The summed E-state index contributed by atoms with van der Waals surface area (Å²) in [6, 6.07) is 8.94. The highest BCUT2D eigenvalue weighted by atomic mass is 32.1. The van der Waals surface area contributed by atoms with Gasteiger partial charge >= 0.3 is 6.18 Å². The van der Waals surface area contributed by atoms with E-state index < -0.39 is 23.3 Å². The van der Waals surface area contributed by atoms with Gasteiger partial charge in [-0.05, 0) is 28.5 Å². The molecular weight excluding hydrogens is 301 g/mol. The molecular formula is C15H9F3O2S. The molecule has 1 heterocycles. The second kappa shape index (κ2) is 6.05. The molecule has 0 aliphatic rings. The highest BCUT2D eigenvalue weighted by Gasteiger charge is 2.42. The molecule has 0 radical (unpaired) electrons. The van der Waals surface area contributed by atoms with E-state index in [1.807, 2.05) is 0 Å². The number of allylic oxidation sites excluding steroid dienone is 1. The van der Waals surface area contributed by atoms with E-state index in [0.717, 1.165) is 6.08 Å². The van der Waals surface area contributed by atoms with Crippen LogP contribution >= 0.6 is 11.3 Å². The van der Waals surface area contributed by atoms with Crippen LogP contribution in [0.1, 0.15) is 15.9 Å². The Morgan fingerprint density at radius 1 is 1.05 bits per heavy atom. The molecule has 2 aromatic rings. The van der Waals surface area contributed by atoms with Crippen molar-refractivity contribution in [3.63, 3.8) is 0 Å². The number of rotatable bonds is 4. The van der Waals surface area contributed by atoms with Crippen molar-refractivity contribution in [1.29, 1.82) is 0 Å². The second-order valence-corrected chi connectivity index (χ2v) is 4.92. The summed E-state index contributed by atoms with van der Waals surface area (Å²) in [5, 5.41) is 3.20. The van der Waals surface area contributed by atoms with Gasteiger partial charge in [-0.3, -0.25) is 9.59 Å². The number of benzene rings is 1. The molecule has 0 unspecified atom stereocenters. The standard InChI is InChI=1S/C15H9F3O2S/c16-15(17,18)14(20)12(8-10-6-7-21-9-10)13(19)11-4-2-1-3-5-11/h1-9H/b12-8-. The molecule has 0 aliphatic carbocycles. The fourth-order valence-corrected chi connectivity index (χ4v) is 2.27. The third-order valence-corrected chi connectivity index (χ3v) is 3.34. The summed E-state index contributed by atoms with van der Waals surface area (Å²) in [6.07, 6.45) is -4.12. The summed E-state index contributed by atoms with van der Waals surface area (Å²) in [7, 11) is 0. The highest BCUT2D eigenvalue weighted by molar-refractivity contribution is 7.08. The van der Waals surface area contributed by atoms with Crippen molar-refractivity contribution in [3.05, 3.63) is 63.9 Å². The summed E-state index contributed by atoms with van der Waals surface area (Å²) >= 11 is 1.26. The predicted octanol–water partition coefficient (Wildman–Crippen LogP) is 4.15. The Kier molecular flexibility index (Phi) is 4.37. The van der Waals surface area contributed by atoms with Gasteiger partial charge in [0.25, 0.3) is 5.78 Å². The number of carbonyl (C=O) groups excluding carboxylic acids is 2. The third-order valence-electron chi connectivity index (χ3n) is 2.64. The summed E-state index contributed by atoms with van der Waals surface area (Å²) < 4.78 is 38.0. The number of hydrogen-bond acceptors (Lipinski definition) is 3. The van der Waals surface area contributed by atoms with Gasteiger partial charge in [-0.25, -0.2) is 0 Å². The minimum Gasteiger partial charge on any atom is -0.288 e. The molecule has 0 aliphatic heterocycles. The lowest BCUT2D eigenvalue weighted by molar-refractivity contribution is -0.166. The van der Waals surface area contributed by atoms with Gasteiger partial charge in [-0.15, -0.1) is 0 Å². The van der Waals surface area contributed by atoms with Crippen LogP contribution in [0.25, 0.3) is 6.08 Å². The maximum absolute atomic E-state index is 12.7. The molecule has 2 nitrogen and oxygen atoms in total. The van der Waals surface area contributed by atoms with Gasteiger partial charge in [0, 0.05) is 5.56 Å². The van der Waals surface area contributed by atoms with Crippen LogP contribution in [0.5, 0.6) is 0 Å². The molecule has 1 aromatic carbocycles. The molecule has 21 heavy (non-hydrogen) atoms. The first-order valence-corrected chi connectivity index (χ1v) is 6.79. The van der Waals surface area contributed by atoms with E-state index in [-0.39, 0.29) is 5.56 Å². The molecule has 108 valence electrons. The van der Waals surface area contributed by atoms with Gasteiger partial charge < -0.3 is 0 Å². The van der Waals surface area contributed by atoms with E-state index >= 15 is 0 Å². The summed E-state index contributed by atoms with van der Waals surface area (Å²) in [5.41, 5.74) is -0.458. The topological polar surface area (TPSA) is 34.1 Å². The third kappa shape index (κ3) is 3.66. The maximum atomic E-state index is 12.7. The first-order chi connectivity index (χ1) is 9.89. The fraction of sp³-hybridized carbons (Fsp3) is 0.0667. The number of alkyl halides is 3. The Labute approximate surface area is 122 Å². The highest BCUT2D eigenvalue weighted by Crippen LogP contribution is 2.25. The Morgan fingerprint density at radius 2 is 1.71 bits per heavy atom. The van der Waals surface area contributed by atoms with Crippen molar-refractivity contribution in [3.8, 4) is 0 Å². The Balaban J connectivity index is 2.47. The Morgan fingerprint density at radius 3 is 2.24 bits per heavy atom. The van der Waals surface area contributed by atoms with Crippen molar-refractivity contribution in [2.24, 2.45) is 0 Å². The van der Waals surface area contributed by atoms with Crippen LogP contribution in [0.15, 0.2) is 52.7 Å². The van der Waals surface area contributed by atoms with Crippen molar-refractivity contribution < 1.29 is 22.8 Å². The predicted molar refractivity (Wildman–Crippen MR) is 74.1 cm³/mol. The lowest BCUT2D eigenvalue weighted by Crippen LogP contribution is -2.28. The molecule has 0 saturated heterocycles. The number of hydrogen-bond donors (Lipinski definition) is 0. The van der Waals surface area contributed by atoms with Crippen molar-refractivity contribution in [2.45, 2.75) is 6.18 Å². The zero-order valence-corrected chi connectivity index (χ0v) is 11.4. The Hall–Kier alpha value is -2.21. The number of ketones is 2. The molecule has 0 fully saturated rings. The van der Waals surface area contributed by atoms with E-state index in [1.54, 1.807) is 16.8 Å². The van der Waals surface area contributed by atoms with Crippen LogP contribution in [0.3, 0.4) is 0 Å². The SMILES string of the molecule is O=C(/C(=C/c1ccsc1)C(=O)C(F)(F)F)c1ccccc1. The number of carbonyl (C=O) groups is 2. The van der Waals surface area contributed by atoms with Gasteiger partial charge in [0.1, 0.15) is 0 Å². The largest absolute Gasteiger partial charge is 0.455 e. The molecule has 0 bridgehead atoms. The van der Waals surface area contributed by atoms with Crippen LogP contribution in [0.2, 0.25) is 0 Å². The molecule has 2 rings (SSSR count). The van der Waals surface area contributed by atoms with Crippen LogP contribution < -0.4 is 0 Å². The van der Waals surface area contributed by atoms with Crippen LogP contribution in [-0.2, 0) is 4.79 Å². The monoisotopic (exact) mass is 310 g/mol.